The summed E-state index contributed by atoms with van der Waals surface area (Å²) in [4.78, 5) is 21.7. The van der Waals surface area contributed by atoms with E-state index in [4.69, 9.17) is 16.7 Å². The number of nitriles is 1. The lowest BCUT2D eigenvalue weighted by molar-refractivity contribution is 0.0407. The molecule has 3 aromatic heterocycles. The lowest BCUT2D eigenvalue weighted by Gasteiger charge is -2.26. The molecular weight excluding hydrogens is 452 g/mol. The summed E-state index contributed by atoms with van der Waals surface area (Å²) in [6.07, 6.45) is 1.66. The highest BCUT2D eigenvalue weighted by atomic mass is 35.5. The van der Waals surface area contributed by atoms with E-state index in [1.165, 1.54) is 0 Å². The van der Waals surface area contributed by atoms with Crippen molar-refractivity contribution >= 4 is 23.2 Å². The van der Waals surface area contributed by atoms with Gasteiger partial charge in [-0.05, 0) is 63.6 Å². The second-order valence-electron chi connectivity index (χ2n) is 8.67. The summed E-state index contributed by atoms with van der Waals surface area (Å²) >= 11 is 6.26. The molecule has 8 nitrogen and oxygen atoms in total. The summed E-state index contributed by atoms with van der Waals surface area (Å²) in [5, 5.41) is 27.3. The van der Waals surface area contributed by atoms with Crippen LogP contribution in [0.15, 0.2) is 48.7 Å². The van der Waals surface area contributed by atoms with E-state index in [2.05, 4.69) is 21.4 Å². The van der Waals surface area contributed by atoms with Crippen LogP contribution in [-0.4, -0.2) is 42.2 Å². The lowest BCUT2D eigenvalue weighted by atomic mass is 10.00. The van der Waals surface area contributed by atoms with Crippen LogP contribution in [0.5, 0.6) is 0 Å². The Labute approximate surface area is 201 Å². The molecule has 1 atom stereocenters. The first-order chi connectivity index (χ1) is 16.1. The second kappa shape index (κ2) is 8.86. The fraction of sp³-hybridized carbons (Fsp3) is 0.240. The maximum atomic E-state index is 12.9. The third-order valence-corrected chi connectivity index (χ3v) is 5.79. The number of nitrogens with one attached hydrogen (secondary N) is 1. The normalized spacial score (nSPS) is 12.4. The molecule has 0 aliphatic rings. The van der Waals surface area contributed by atoms with Crippen molar-refractivity contribution in [3.8, 4) is 28.5 Å². The molecule has 0 saturated heterocycles. The Bertz CT molecular complexity index is 1430. The van der Waals surface area contributed by atoms with Crippen molar-refractivity contribution in [1.82, 2.24) is 24.9 Å². The van der Waals surface area contributed by atoms with Crippen molar-refractivity contribution in [2.45, 2.75) is 39.3 Å². The molecule has 0 aliphatic carbocycles. The molecular formula is C25H23ClN6O2. The average Bonchev–Trinajstić information content (AvgIpc) is 3.16. The molecule has 3 heterocycles. The molecule has 0 radical (unpaired) electrons. The predicted octanol–water partition coefficient (Wildman–Crippen LogP) is 4.18. The smallest absolute Gasteiger partial charge is 0.270 e. The van der Waals surface area contributed by atoms with Crippen molar-refractivity contribution in [2.24, 2.45) is 0 Å². The van der Waals surface area contributed by atoms with Gasteiger partial charge in [0.1, 0.15) is 16.5 Å². The Hall–Kier alpha value is -3.80. The monoisotopic (exact) mass is 474 g/mol. The van der Waals surface area contributed by atoms with Crippen molar-refractivity contribution in [1.29, 1.82) is 5.26 Å². The molecule has 0 unspecified atom stereocenters. The van der Waals surface area contributed by atoms with Gasteiger partial charge in [-0.25, -0.2) is 14.5 Å². The zero-order chi connectivity index (χ0) is 24.6. The first kappa shape index (κ1) is 23.4. The number of halogens is 1. The highest BCUT2D eigenvalue weighted by Crippen LogP contribution is 2.36. The molecule has 34 heavy (non-hydrogen) atoms. The van der Waals surface area contributed by atoms with Gasteiger partial charge in [0.05, 0.1) is 28.8 Å². The quantitative estimate of drug-likeness (QED) is 0.419. The first-order valence-corrected chi connectivity index (χ1v) is 11.0. The number of fused-ring (bicyclic) bond motifs is 1. The van der Waals surface area contributed by atoms with Crippen LogP contribution in [0, 0.1) is 18.3 Å². The van der Waals surface area contributed by atoms with Gasteiger partial charge in [0, 0.05) is 17.5 Å². The van der Waals surface area contributed by atoms with Gasteiger partial charge in [0.2, 0.25) is 0 Å². The first-order valence-electron chi connectivity index (χ1n) is 10.6. The van der Waals surface area contributed by atoms with Gasteiger partial charge in [-0.1, -0.05) is 23.7 Å². The van der Waals surface area contributed by atoms with E-state index < -0.39 is 17.6 Å². The van der Waals surface area contributed by atoms with E-state index in [9.17, 15) is 15.2 Å². The van der Waals surface area contributed by atoms with Crippen molar-refractivity contribution in [2.75, 3.05) is 0 Å². The van der Waals surface area contributed by atoms with Crippen LogP contribution in [0.4, 0.5) is 0 Å². The van der Waals surface area contributed by atoms with Gasteiger partial charge in [0.25, 0.3) is 5.91 Å². The largest absolute Gasteiger partial charge is 0.388 e. The molecule has 1 amide bonds. The van der Waals surface area contributed by atoms with E-state index in [-0.39, 0.29) is 5.69 Å². The maximum absolute atomic E-state index is 12.9. The minimum atomic E-state index is -1.09. The van der Waals surface area contributed by atoms with Crippen molar-refractivity contribution < 1.29 is 9.90 Å². The number of hydrogen-bond donors (Lipinski definition) is 2. The molecule has 172 valence electrons. The van der Waals surface area contributed by atoms with Gasteiger partial charge in [-0.3, -0.25) is 4.79 Å². The lowest BCUT2D eigenvalue weighted by Crippen LogP contribution is -2.47. The average molecular weight is 475 g/mol. The van der Waals surface area contributed by atoms with Crippen LogP contribution >= 0.6 is 11.6 Å². The Morgan fingerprint density at radius 1 is 1.21 bits per heavy atom. The maximum Gasteiger partial charge on any atom is 0.270 e. The second-order valence-corrected chi connectivity index (χ2v) is 9.05. The van der Waals surface area contributed by atoms with E-state index in [1.54, 1.807) is 61.8 Å². The molecule has 2 N–H and O–H groups in total. The van der Waals surface area contributed by atoms with Crippen LogP contribution < -0.4 is 5.32 Å². The number of aliphatic hydroxyl groups is 1. The zero-order valence-electron chi connectivity index (χ0n) is 19.2. The summed E-state index contributed by atoms with van der Waals surface area (Å²) in [6.45, 7) is 6.81. The highest BCUT2D eigenvalue weighted by Gasteiger charge is 2.26. The number of rotatable bonds is 5. The van der Waals surface area contributed by atoms with Gasteiger partial charge in [-0.15, -0.1) is 0 Å². The minimum absolute atomic E-state index is 0.180. The summed E-state index contributed by atoms with van der Waals surface area (Å²) in [5.74, 6) is -0.416. The Kier molecular flexibility index (Phi) is 6.09. The third kappa shape index (κ3) is 4.62. The van der Waals surface area contributed by atoms with Gasteiger partial charge in [-0.2, -0.15) is 10.4 Å². The number of aromatic nitrogens is 4. The van der Waals surface area contributed by atoms with Gasteiger partial charge in [0.15, 0.2) is 5.65 Å². The summed E-state index contributed by atoms with van der Waals surface area (Å²) in [7, 11) is 0. The van der Waals surface area contributed by atoms with E-state index in [1.807, 2.05) is 19.1 Å². The van der Waals surface area contributed by atoms with Gasteiger partial charge >= 0.3 is 0 Å². The molecule has 4 aromatic rings. The number of amides is 1. The molecule has 1 aromatic carbocycles. The summed E-state index contributed by atoms with van der Waals surface area (Å²) in [5.41, 5.74) is 3.46. The zero-order valence-corrected chi connectivity index (χ0v) is 19.9. The number of pyridine rings is 1. The standard InChI is InChI=1S/C25H23ClN6O2/c1-14-10-18(12-20(26)28-14)21-22(17-7-5-6-16(11-17)13-27)31-32-9-8-19(30-23(21)32)24(33)29-15(2)25(3,4)34/h5-12,15,34H,1-4H3,(H,29,33)/t15-/m1/s1. The SMILES string of the molecule is Cc1cc(-c2c(-c3cccc(C#N)c3)nn3ccc(C(=O)N[C@H](C)C(C)(C)O)nc23)cc(Cl)n1. The van der Waals surface area contributed by atoms with E-state index in [0.717, 1.165) is 11.1 Å². The van der Waals surface area contributed by atoms with Crippen LogP contribution in [0.25, 0.3) is 28.0 Å². The fourth-order valence-corrected chi connectivity index (χ4v) is 3.73. The highest BCUT2D eigenvalue weighted by molar-refractivity contribution is 6.29. The molecule has 0 fully saturated rings. The van der Waals surface area contributed by atoms with E-state index in [0.29, 0.717) is 33.3 Å². The van der Waals surface area contributed by atoms with Crippen LogP contribution in [0.1, 0.15) is 42.5 Å². The molecule has 0 saturated carbocycles. The van der Waals surface area contributed by atoms with Crippen molar-refractivity contribution in [3.05, 3.63) is 70.8 Å². The van der Waals surface area contributed by atoms with Crippen LogP contribution in [0.3, 0.4) is 0 Å². The Balaban J connectivity index is 1.92. The number of benzene rings is 1. The number of hydrogen-bond acceptors (Lipinski definition) is 6. The molecule has 0 bridgehead atoms. The molecule has 4 rings (SSSR count). The number of aryl methyl sites for hydroxylation is 1. The predicted molar refractivity (Wildman–Crippen MR) is 129 cm³/mol. The van der Waals surface area contributed by atoms with Crippen molar-refractivity contribution in [3.63, 3.8) is 0 Å². The molecule has 0 spiro atoms. The van der Waals surface area contributed by atoms with E-state index >= 15 is 0 Å². The number of carbonyl (C=O) groups excluding carboxylic acids is 1. The third-order valence-electron chi connectivity index (χ3n) is 5.60. The Morgan fingerprint density at radius 3 is 2.65 bits per heavy atom. The fourth-order valence-electron chi connectivity index (χ4n) is 3.48. The molecule has 0 aliphatic heterocycles. The topological polar surface area (TPSA) is 116 Å². The number of carbonyl (C=O) groups is 1. The summed E-state index contributed by atoms with van der Waals surface area (Å²) < 4.78 is 1.59. The summed E-state index contributed by atoms with van der Waals surface area (Å²) in [6, 6.07) is 13.9. The molecule has 9 heteroatoms. The Morgan fingerprint density at radius 2 is 1.97 bits per heavy atom. The van der Waals surface area contributed by atoms with Gasteiger partial charge < -0.3 is 10.4 Å². The van der Waals surface area contributed by atoms with Crippen LogP contribution in [0.2, 0.25) is 5.15 Å². The van der Waals surface area contributed by atoms with Crippen LogP contribution in [-0.2, 0) is 0 Å². The minimum Gasteiger partial charge on any atom is -0.388 e. The number of nitrogens with zero attached hydrogens (tertiary/aromatic N) is 5.